The SMILES string of the molecule is COc1ccc(NC(C)=O)c(-c2ccc(-n3c(=N)n(Cc4cccc5[nH]ccc45)c4cccc(C)c43)cc2)c1. The number of aryl methyl sites for hydroxylation is 1. The average Bonchev–Trinajstić information content (AvgIpc) is 3.53. The highest BCUT2D eigenvalue weighted by Gasteiger charge is 2.16. The van der Waals surface area contributed by atoms with Crippen LogP contribution in [0.15, 0.2) is 91.1 Å². The Labute approximate surface area is 225 Å². The molecule has 0 radical (unpaired) electrons. The molecule has 6 aromatic rings. The lowest BCUT2D eigenvalue weighted by Gasteiger charge is -2.13. The Hall–Kier alpha value is -5.04. The van der Waals surface area contributed by atoms with Crippen molar-refractivity contribution in [3.05, 3.63) is 108 Å². The van der Waals surface area contributed by atoms with E-state index in [9.17, 15) is 10.2 Å². The van der Waals surface area contributed by atoms with Gasteiger partial charge in [-0.05, 0) is 72.1 Å². The summed E-state index contributed by atoms with van der Waals surface area (Å²) in [6, 6.07) is 28.2. The smallest absolute Gasteiger partial charge is 0.221 e. The summed E-state index contributed by atoms with van der Waals surface area (Å²) in [6.07, 6.45) is 1.95. The van der Waals surface area contributed by atoms with Gasteiger partial charge >= 0.3 is 0 Å². The summed E-state index contributed by atoms with van der Waals surface area (Å²) in [5.41, 5.74) is 9.19. The molecule has 2 heterocycles. The van der Waals surface area contributed by atoms with Crippen LogP contribution in [0.25, 0.3) is 38.8 Å². The Kier molecular flexibility index (Phi) is 6.04. The number of nitrogens with one attached hydrogen (secondary N) is 3. The van der Waals surface area contributed by atoms with Crippen LogP contribution in [0, 0.1) is 12.3 Å². The molecule has 0 unspecified atom stereocenters. The lowest BCUT2D eigenvalue weighted by molar-refractivity contribution is -0.114. The zero-order valence-corrected chi connectivity index (χ0v) is 22.1. The minimum Gasteiger partial charge on any atom is -0.497 e. The first-order valence-electron chi connectivity index (χ1n) is 12.8. The van der Waals surface area contributed by atoms with Crippen LogP contribution in [0.1, 0.15) is 18.1 Å². The van der Waals surface area contributed by atoms with Crippen LogP contribution in [0.4, 0.5) is 5.69 Å². The summed E-state index contributed by atoms with van der Waals surface area (Å²) in [6.45, 7) is 4.17. The van der Waals surface area contributed by atoms with Crippen molar-refractivity contribution in [2.24, 2.45) is 0 Å². The van der Waals surface area contributed by atoms with Crippen LogP contribution >= 0.6 is 0 Å². The van der Waals surface area contributed by atoms with Gasteiger partial charge in [0.15, 0.2) is 0 Å². The highest BCUT2D eigenvalue weighted by molar-refractivity contribution is 5.94. The molecule has 3 N–H and O–H groups in total. The number of H-pyrrole nitrogens is 1. The number of aromatic nitrogens is 3. The third kappa shape index (κ3) is 4.28. The Balaban J connectivity index is 1.47. The van der Waals surface area contributed by atoms with Crippen molar-refractivity contribution < 1.29 is 9.53 Å². The van der Waals surface area contributed by atoms with Crippen molar-refractivity contribution >= 4 is 33.5 Å². The zero-order valence-electron chi connectivity index (χ0n) is 22.1. The fourth-order valence-corrected chi connectivity index (χ4v) is 5.34. The van der Waals surface area contributed by atoms with E-state index in [1.807, 2.05) is 59.3 Å². The second kappa shape index (κ2) is 9.68. The number of carbonyl (C=O) groups excluding carboxylic acids is 1. The second-order valence-corrected chi connectivity index (χ2v) is 9.68. The topological polar surface area (TPSA) is 87.8 Å². The van der Waals surface area contributed by atoms with E-state index in [-0.39, 0.29) is 5.91 Å². The number of hydrogen-bond acceptors (Lipinski definition) is 3. The summed E-state index contributed by atoms with van der Waals surface area (Å²) in [5, 5.41) is 13.3. The number of aromatic amines is 1. The van der Waals surface area contributed by atoms with Gasteiger partial charge in [0, 0.05) is 41.0 Å². The van der Waals surface area contributed by atoms with Crippen LogP contribution in [0.5, 0.6) is 5.75 Å². The molecule has 6 rings (SSSR count). The Bertz CT molecular complexity index is 1910. The van der Waals surface area contributed by atoms with Gasteiger partial charge in [-0.1, -0.05) is 36.4 Å². The highest BCUT2D eigenvalue weighted by Crippen LogP contribution is 2.33. The number of ether oxygens (including phenoxy) is 1. The fraction of sp³-hybridized carbons (Fsp3) is 0.125. The fourth-order valence-electron chi connectivity index (χ4n) is 5.34. The van der Waals surface area contributed by atoms with E-state index in [1.54, 1.807) is 7.11 Å². The molecule has 0 fully saturated rings. The van der Waals surface area contributed by atoms with Crippen LogP contribution in [-0.2, 0) is 11.3 Å². The maximum atomic E-state index is 11.8. The third-order valence-electron chi connectivity index (χ3n) is 7.19. The van der Waals surface area contributed by atoms with E-state index >= 15 is 0 Å². The molecule has 39 heavy (non-hydrogen) atoms. The molecule has 2 aromatic heterocycles. The van der Waals surface area contributed by atoms with Crippen molar-refractivity contribution in [2.45, 2.75) is 20.4 Å². The lowest BCUT2D eigenvalue weighted by atomic mass is 10.0. The van der Waals surface area contributed by atoms with E-state index < -0.39 is 0 Å². The molecule has 0 bridgehead atoms. The number of benzene rings is 4. The van der Waals surface area contributed by atoms with Gasteiger partial charge in [0.2, 0.25) is 11.5 Å². The number of carbonyl (C=O) groups is 1. The van der Waals surface area contributed by atoms with Crippen molar-refractivity contribution in [3.63, 3.8) is 0 Å². The number of hydrogen-bond donors (Lipinski definition) is 3. The number of amides is 1. The molecule has 194 valence electrons. The van der Waals surface area contributed by atoms with Crippen molar-refractivity contribution in [3.8, 4) is 22.6 Å². The molecule has 0 saturated carbocycles. The molecular weight excluding hydrogens is 486 g/mol. The number of para-hydroxylation sites is 1. The molecule has 7 heteroatoms. The van der Waals surface area contributed by atoms with Gasteiger partial charge < -0.3 is 19.6 Å². The molecule has 7 nitrogen and oxygen atoms in total. The number of rotatable bonds is 6. The normalized spacial score (nSPS) is 11.3. The number of fused-ring (bicyclic) bond motifs is 2. The third-order valence-corrected chi connectivity index (χ3v) is 7.19. The molecule has 4 aromatic carbocycles. The standard InChI is InChI=1S/C32H29N5O2/c1-20-6-4-9-30-31(20)37(32(33)36(30)19-23-7-5-8-28-26(23)16-17-34-28)24-12-10-22(11-13-24)27-18-25(39-3)14-15-29(27)35-21(2)38/h4-18,33-34H,19H2,1-3H3,(H,35,38). The van der Waals surface area contributed by atoms with Crippen LogP contribution < -0.4 is 15.7 Å². The quantitative estimate of drug-likeness (QED) is 0.240. The molecule has 0 aliphatic carbocycles. The molecule has 0 aliphatic heterocycles. The molecular formula is C32H29N5O2. The predicted molar refractivity (Wildman–Crippen MR) is 156 cm³/mol. The second-order valence-electron chi connectivity index (χ2n) is 9.68. The first kappa shape index (κ1) is 24.3. The van der Waals surface area contributed by atoms with Gasteiger partial charge in [-0.15, -0.1) is 0 Å². The van der Waals surface area contributed by atoms with Gasteiger partial charge in [-0.2, -0.15) is 0 Å². The van der Waals surface area contributed by atoms with E-state index in [0.717, 1.165) is 55.6 Å². The Morgan fingerprint density at radius 3 is 2.56 bits per heavy atom. The van der Waals surface area contributed by atoms with Crippen molar-refractivity contribution in [2.75, 3.05) is 12.4 Å². The van der Waals surface area contributed by atoms with Gasteiger partial charge in [-0.25, -0.2) is 0 Å². The summed E-state index contributed by atoms with van der Waals surface area (Å²) < 4.78 is 9.50. The molecule has 1 amide bonds. The highest BCUT2D eigenvalue weighted by atomic mass is 16.5. The van der Waals surface area contributed by atoms with Gasteiger partial charge in [0.25, 0.3) is 0 Å². The van der Waals surface area contributed by atoms with Crippen molar-refractivity contribution in [1.29, 1.82) is 5.41 Å². The van der Waals surface area contributed by atoms with E-state index in [4.69, 9.17) is 4.74 Å². The minimum absolute atomic E-state index is 0.133. The maximum Gasteiger partial charge on any atom is 0.221 e. The lowest BCUT2D eigenvalue weighted by Crippen LogP contribution is -2.24. The molecule has 0 spiro atoms. The van der Waals surface area contributed by atoms with Crippen LogP contribution in [0.3, 0.4) is 0 Å². The van der Waals surface area contributed by atoms with Crippen LogP contribution in [0.2, 0.25) is 0 Å². The van der Waals surface area contributed by atoms with E-state index in [0.29, 0.717) is 17.9 Å². The van der Waals surface area contributed by atoms with Crippen molar-refractivity contribution in [1.82, 2.24) is 14.1 Å². The Morgan fingerprint density at radius 1 is 1.00 bits per heavy atom. The average molecular weight is 516 g/mol. The number of methoxy groups -OCH3 is 1. The van der Waals surface area contributed by atoms with E-state index in [1.165, 1.54) is 6.92 Å². The zero-order chi connectivity index (χ0) is 27.1. The monoisotopic (exact) mass is 515 g/mol. The first-order chi connectivity index (χ1) is 18.9. The number of anilines is 1. The maximum absolute atomic E-state index is 11.8. The number of imidazole rings is 1. The molecule has 0 atom stereocenters. The minimum atomic E-state index is -0.133. The molecule has 0 aliphatic rings. The predicted octanol–water partition coefficient (Wildman–Crippen LogP) is 6.38. The molecule has 0 saturated heterocycles. The summed E-state index contributed by atoms with van der Waals surface area (Å²) >= 11 is 0. The first-order valence-corrected chi connectivity index (χ1v) is 12.8. The Morgan fingerprint density at radius 2 is 1.79 bits per heavy atom. The summed E-state index contributed by atoms with van der Waals surface area (Å²) in [5.74, 6) is 0.577. The van der Waals surface area contributed by atoms with Gasteiger partial charge in [-0.3, -0.25) is 14.8 Å². The van der Waals surface area contributed by atoms with Crippen LogP contribution in [-0.4, -0.2) is 27.1 Å². The van der Waals surface area contributed by atoms with E-state index in [2.05, 4.69) is 58.2 Å². The largest absolute Gasteiger partial charge is 0.497 e. The summed E-state index contributed by atoms with van der Waals surface area (Å²) in [4.78, 5) is 15.1. The van der Waals surface area contributed by atoms with Gasteiger partial charge in [0.05, 0.1) is 24.7 Å². The summed E-state index contributed by atoms with van der Waals surface area (Å²) in [7, 11) is 1.63. The number of nitrogens with zero attached hydrogens (tertiary/aromatic N) is 2. The van der Waals surface area contributed by atoms with Gasteiger partial charge in [0.1, 0.15) is 5.75 Å².